The molecular formula is C18H24ClN3O3. The second-order valence-electron chi connectivity index (χ2n) is 6.36. The second-order valence-corrected chi connectivity index (χ2v) is 6.77. The van der Waals surface area contributed by atoms with E-state index in [4.69, 9.17) is 16.3 Å². The third-order valence-electron chi connectivity index (χ3n) is 4.75. The Morgan fingerprint density at radius 1 is 1.20 bits per heavy atom. The van der Waals surface area contributed by atoms with Gasteiger partial charge in [0.2, 0.25) is 5.91 Å². The Morgan fingerprint density at radius 2 is 1.96 bits per heavy atom. The van der Waals surface area contributed by atoms with Gasteiger partial charge in [-0.05, 0) is 30.9 Å². The Hall–Kier alpha value is -1.79. The van der Waals surface area contributed by atoms with Crippen molar-refractivity contribution in [1.82, 2.24) is 15.1 Å². The fourth-order valence-electron chi connectivity index (χ4n) is 3.37. The normalized spacial score (nSPS) is 20.6. The first kappa shape index (κ1) is 18.0. The molecule has 1 aromatic rings. The number of amides is 3. The van der Waals surface area contributed by atoms with Crippen molar-refractivity contribution in [1.29, 1.82) is 0 Å². The highest BCUT2D eigenvalue weighted by molar-refractivity contribution is 6.31. The first-order valence-electron chi connectivity index (χ1n) is 8.81. The molecule has 0 unspecified atom stereocenters. The molecule has 2 fully saturated rings. The number of benzene rings is 1. The molecule has 7 heteroatoms. The van der Waals surface area contributed by atoms with Crippen molar-refractivity contribution in [2.75, 3.05) is 39.4 Å². The summed E-state index contributed by atoms with van der Waals surface area (Å²) in [6, 6.07) is 7.09. The first-order valence-corrected chi connectivity index (χ1v) is 9.19. The zero-order chi connectivity index (χ0) is 17.6. The average molecular weight is 366 g/mol. The van der Waals surface area contributed by atoms with Gasteiger partial charge in [-0.25, -0.2) is 4.79 Å². The maximum atomic E-state index is 12.7. The monoisotopic (exact) mass is 365 g/mol. The summed E-state index contributed by atoms with van der Waals surface area (Å²) in [4.78, 5) is 28.7. The van der Waals surface area contributed by atoms with E-state index >= 15 is 0 Å². The summed E-state index contributed by atoms with van der Waals surface area (Å²) in [5, 5.41) is 3.63. The van der Waals surface area contributed by atoms with Gasteiger partial charge in [0, 0.05) is 31.2 Å². The molecule has 3 amide bonds. The maximum absolute atomic E-state index is 12.7. The van der Waals surface area contributed by atoms with E-state index in [0.29, 0.717) is 50.8 Å². The van der Waals surface area contributed by atoms with Crippen LogP contribution in [0.5, 0.6) is 0 Å². The molecule has 2 aliphatic rings. The highest BCUT2D eigenvalue weighted by Crippen LogP contribution is 2.20. The van der Waals surface area contributed by atoms with Crippen molar-refractivity contribution in [2.24, 2.45) is 0 Å². The van der Waals surface area contributed by atoms with Gasteiger partial charge >= 0.3 is 6.03 Å². The van der Waals surface area contributed by atoms with Gasteiger partial charge < -0.3 is 19.9 Å². The molecule has 0 bridgehead atoms. The van der Waals surface area contributed by atoms with Crippen LogP contribution < -0.4 is 5.32 Å². The zero-order valence-corrected chi connectivity index (χ0v) is 15.0. The Balaban J connectivity index is 1.52. The topological polar surface area (TPSA) is 61.9 Å². The second kappa shape index (κ2) is 8.54. The van der Waals surface area contributed by atoms with E-state index in [9.17, 15) is 9.59 Å². The Morgan fingerprint density at radius 3 is 2.72 bits per heavy atom. The van der Waals surface area contributed by atoms with Crippen molar-refractivity contribution in [3.8, 4) is 0 Å². The minimum Gasteiger partial charge on any atom is -0.378 e. The van der Waals surface area contributed by atoms with Gasteiger partial charge in [0.15, 0.2) is 0 Å². The number of morpholine rings is 1. The number of hydrogen-bond acceptors (Lipinski definition) is 3. The molecule has 1 N–H and O–H groups in total. The summed E-state index contributed by atoms with van der Waals surface area (Å²) < 4.78 is 5.29. The van der Waals surface area contributed by atoms with Gasteiger partial charge in [0.1, 0.15) is 6.04 Å². The number of hydrogen-bond donors (Lipinski definition) is 1. The van der Waals surface area contributed by atoms with Crippen LogP contribution in [0.3, 0.4) is 0 Å². The Labute approximate surface area is 153 Å². The number of nitrogens with one attached hydrogen (secondary N) is 1. The van der Waals surface area contributed by atoms with Crippen LogP contribution in [0.15, 0.2) is 24.3 Å². The standard InChI is InChI=1S/C18H24ClN3O3/c19-15-5-2-1-4-14(15)7-8-20-18(24)22-9-3-6-16(22)17(23)21-10-12-25-13-11-21/h1-2,4-5,16H,3,6-13H2,(H,20,24)/t16-/m0/s1. The Bertz CT molecular complexity index is 619. The van der Waals surface area contributed by atoms with Gasteiger partial charge in [-0.1, -0.05) is 29.8 Å². The quantitative estimate of drug-likeness (QED) is 0.886. The van der Waals surface area contributed by atoms with Gasteiger partial charge in [0.05, 0.1) is 13.2 Å². The number of carbonyl (C=O) groups is 2. The lowest BCUT2D eigenvalue weighted by molar-refractivity contribution is -0.139. The highest BCUT2D eigenvalue weighted by Gasteiger charge is 2.36. The van der Waals surface area contributed by atoms with Gasteiger partial charge in [-0.2, -0.15) is 0 Å². The van der Waals surface area contributed by atoms with Crippen LogP contribution in [0, 0.1) is 0 Å². The molecule has 0 aromatic heterocycles. The molecule has 0 saturated carbocycles. The van der Waals surface area contributed by atoms with E-state index in [-0.39, 0.29) is 18.0 Å². The molecule has 0 aliphatic carbocycles. The number of rotatable bonds is 4. The number of carbonyl (C=O) groups excluding carboxylic acids is 2. The minimum absolute atomic E-state index is 0.0436. The van der Waals surface area contributed by atoms with Crippen molar-refractivity contribution >= 4 is 23.5 Å². The number of urea groups is 1. The van der Waals surface area contributed by atoms with Gasteiger partial charge in [-0.15, -0.1) is 0 Å². The molecule has 0 spiro atoms. The van der Waals surface area contributed by atoms with Crippen LogP contribution in [0.1, 0.15) is 18.4 Å². The fourth-order valence-corrected chi connectivity index (χ4v) is 3.60. The minimum atomic E-state index is -0.349. The van der Waals surface area contributed by atoms with Crippen LogP contribution in [-0.4, -0.2) is 67.2 Å². The fraction of sp³-hybridized carbons (Fsp3) is 0.556. The molecule has 6 nitrogen and oxygen atoms in total. The summed E-state index contributed by atoms with van der Waals surface area (Å²) in [6.07, 6.45) is 2.26. The summed E-state index contributed by atoms with van der Waals surface area (Å²) in [5.74, 6) is 0.0436. The van der Waals surface area contributed by atoms with E-state index < -0.39 is 0 Å². The SMILES string of the molecule is O=C([C@@H]1CCCN1C(=O)NCCc1ccccc1Cl)N1CCOCC1. The molecule has 2 heterocycles. The highest BCUT2D eigenvalue weighted by atomic mass is 35.5. The van der Waals surface area contributed by atoms with Crippen LogP contribution >= 0.6 is 11.6 Å². The molecule has 2 saturated heterocycles. The zero-order valence-electron chi connectivity index (χ0n) is 14.2. The lowest BCUT2D eigenvalue weighted by Gasteiger charge is -2.32. The van der Waals surface area contributed by atoms with Crippen molar-refractivity contribution in [3.63, 3.8) is 0 Å². The van der Waals surface area contributed by atoms with E-state index in [1.54, 1.807) is 4.90 Å². The van der Waals surface area contributed by atoms with E-state index in [2.05, 4.69) is 5.32 Å². The molecule has 1 atom stereocenters. The summed E-state index contributed by atoms with van der Waals surface area (Å²) >= 11 is 6.13. The van der Waals surface area contributed by atoms with Crippen molar-refractivity contribution in [3.05, 3.63) is 34.9 Å². The predicted octanol–water partition coefficient (Wildman–Crippen LogP) is 1.92. The number of likely N-dealkylation sites (tertiary alicyclic amines) is 1. The van der Waals surface area contributed by atoms with Crippen LogP contribution in [-0.2, 0) is 16.0 Å². The third kappa shape index (κ3) is 4.44. The summed E-state index contributed by atoms with van der Waals surface area (Å²) in [5.41, 5.74) is 1.01. The van der Waals surface area contributed by atoms with E-state index in [0.717, 1.165) is 18.4 Å². The molecule has 2 aliphatic heterocycles. The third-order valence-corrected chi connectivity index (χ3v) is 5.12. The molecule has 0 radical (unpaired) electrons. The first-order chi connectivity index (χ1) is 12.2. The van der Waals surface area contributed by atoms with Gasteiger partial charge in [0.25, 0.3) is 0 Å². The van der Waals surface area contributed by atoms with E-state index in [1.807, 2.05) is 29.2 Å². The van der Waals surface area contributed by atoms with Crippen molar-refractivity contribution in [2.45, 2.75) is 25.3 Å². The van der Waals surface area contributed by atoms with Crippen LogP contribution in [0.2, 0.25) is 5.02 Å². The number of halogens is 1. The van der Waals surface area contributed by atoms with Crippen molar-refractivity contribution < 1.29 is 14.3 Å². The summed E-state index contributed by atoms with van der Waals surface area (Å²) in [6.45, 7) is 3.48. The Kier molecular flexibility index (Phi) is 6.15. The summed E-state index contributed by atoms with van der Waals surface area (Å²) in [7, 11) is 0. The number of ether oxygens (including phenoxy) is 1. The maximum Gasteiger partial charge on any atom is 0.318 e. The molecular weight excluding hydrogens is 342 g/mol. The predicted molar refractivity (Wildman–Crippen MR) is 95.7 cm³/mol. The molecule has 25 heavy (non-hydrogen) atoms. The van der Waals surface area contributed by atoms with Gasteiger partial charge in [-0.3, -0.25) is 4.79 Å². The molecule has 136 valence electrons. The largest absolute Gasteiger partial charge is 0.378 e. The molecule has 3 rings (SSSR count). The van der Waals surface area contributed by atoms with E-state index in [1.165, 1.54) is 0 Å². The van der Waals surface area contributed by atoms with Crippen LogP contribution in [0.4, 0.5) is 4.79 Å². The number of nitrogens with zero attached hydrogens (tertiary/aromatic N) is 2. The average Bonchev–Trinajstić information content (AvgIpc) is 3.13. The smallest absolute Gasteiger partial charge is 0.318 e. The lowest BCUT2D eigenvalue weighted by Crippen LogP contribution is -2.53. The molecule has 1 aromatic carbocycles. The van der Waals surface area contributed by atoms with Crippen LogP contribution in [0.25, 0.3) is 0 Å². The lowest BCUT2D eigenvalue weighted by atomic mass is 10.1.